The first kappa shape index (κ1) is 18.1. The zero-order valence-corrected chi connectivity index (χ0v) is 16.4. The highest BCUT2D eigenvalue weighted by atomic mass is 35.5. The zero-order chi connectivity index (χ0) is 18.3. The number of ether oxygens (including phenoxy) is 1. The van der Waals surface area contributed by atoms with E-state index in [4.69, 9.17) is 16.3 Å². The normalized spacial score (nSPS) is 33.1. The Bertz CT molecular complexity index is 655. The van der Waals surface area contributed by atoms with Crippen molar-refractivity contribution in [3.05, 3.63) is 23.2 Å². The van der Waals surface area contributed by atoms with Crippen LogP contribution < -0.4 is 15.4 Å². The topological polar surface area (TPSA) is 50.4 Å². The number of nitrogens with one attached hydrogen (secondary N) is 2. The minimum atomic E-state index is -0.244. The highest BCUT2D eigenvalue weighted by molar-refractivity contribution is 6.31. The van der Waals surface area contributed by atoms with Gasteiger partial charge in [0.15, 0.2) is 0 Å². The molecule has 0 heterocycles. The molecule has 1 amide bonds. The lowest BCUT2D eigenvalue weighted by Crippen LogP contribution is -2.52. The number of methoxy groups -OCH3 is 1. The van der Waals surface area contributed by atoms with E-state index in [0.29, 0.717) is 21.9 Å². The maximum Gasteiger partial charge on any atom is 0.241 e. The molecule has 0 aromatic heterocycles. The van der Waals surface area contributed by atoms with Gasteiger partial charge in [-0.05, 0) is 86.8 Å². The van der Waals surface area contributed by atoms with E-state index in [1.165, 1.54) is 38.5 Å². The van der Waals surface area contributed by atoms with Gasteiger partial charge in [-0.3, -0.25) is 4.79 Å². The first-order valence-corrected chi connectivity index (χ1v) is 10.2. The van der Waals surface area contributed by atoms with Gasteiger partial charge >= 0.3 is 0 Å². The van der Waals surface area contributed by atoms with E-state index in [1.807, 2.05) is 6.92 Å². The average Bonchev–Trinajstić information content (AvgIpc) is 2.59. The summed E-state index contributed by atoms with van der Waals surface area (Å²) in [5, 5.41) is 7.05. The molecule has 26 heavy (non-hydrogen) atoms. The molecule has 2 N–H and O–H groups in total. The molecule has 4 bridgehead atoms. The van der Waals surface area contributed by atoms with Crippen molar-refractivity contribution < 1.29 is 9.53 Å². The summed E-state index contributed by atoms with van der Waals surface area (Å²) in [5.41, 5.74) is 1.05. The summed E-state index contributed by atoms with van der Waals surface area (Å²) >= 11 is 6.05. The monoisotopic (exact) mass is 376 g/mol. The highest BCUT2D eigenvalue weighted by Gasteiger charge is 2.50. The summed E-state index contributed by atoms with van der Waals surface area (Å²) in [7, 11) is 1.59. The standard InChI is InChI=1S/C21H29ClN2O2/c1-13(20(25)24-18-8-17(22)3-4-19(18)26-2)23-12-21-9-14-5-15(10-21)7-16(6-14)11-21/h3-4,8,13-16,23H,5-7,9-12H2,1-2H3,(H,24,25)/t13-,14?,15?,16?,21?/m1/s1. The summed E-state index contributed by atoms with van der Waals surface area (Å²) < 4.78 is 5.31. The Kier molecular flexibility index (Phi) is 4.91. The maximum absolute atomic E-state index is 12.6. The molecular formula is C21H29ClN2O2. The second kappa shape index (κ2) is 7.05. The molecule has 5 heteroatoms. The molecule has 4 nitrogen and oxygen atoms in total. The van der Waals surface area contributed by atoms with E-state index in [2.05, 4.69) is 10.6 Å². The van der Waals surface area contributed by atoms with Crippen molar-refractivity contribution in [3.63, 3.8) is 0 Å². The average molecular weight is 377 g/mol. The van der Waals surface area contributed by atoms with Gasteiger partial charge in [-0.1, -0.05) is 11.6 Å². The molecule has 4 aliphatic rings. The Morgan fingerprint density at radius 1 is 1.23 bits per heavy atom. The molecule has 1 atom stereocenters. The fraction of sp³-hybridized carbons (Fsp3) is 0.667. The van der Waals surface area contributed by atoms with E-state index in [0.717, 1.165) is 24.3 Å². The van der Waals surface area contributed by atoms with Crippen molar-refractivity contribution >= 4 is 23.2 Å². The van der Waals surface area contributed by atoms with Crippen LogP contribution in [0.4, 0.5) is 5.69 Å². The predicted molar refractivity (Wildman–Crippen MR) is 105 cm³/mol. The van der Waals surface area contributed by atoms with Crippen LogP contribution in [0.15, 0.2) is 18.2 Å². The van der Waals surface area contributed by atoms with Gasteiger partial charge in [-0.15, -0.1) is 0 Å². The van der Waals surface area contributed by atoms with Gasteiger partial charge in [0, 0.05) is 11.6 Å². The minimum Gasteiger partial charge on any atom is -0.495 e. The largest absolute Gasteiger partial charge is 0.495 e. The van der Waals surface area contributed by atoms with E-state index in [1.54, 1.807) is 25.3 Å². The molecule has 4 aliphatic carbocycles. The van der Waals surface area contributed by atoms with Crippen molar-refractivity contribution in [2.45, 2.75) is 51.5 Å². The number of hydrogen-bond acceptors (Lipinski definition) is 3. The lowest BCUT2D eigenvalue weighted by atomic mass is 9.49. The molecule has 142 valence electrons. The smallest absolute Gasteiger partial charge is 0.241 e. The molecule has 1 aromatic carbocycles. The Morgan fingerprint density at radius 2 is 1.85 bits per heavy atom. The van der Waals surface area contributed by atoms with Crippen molar-refractivity contribution in [2.75, 3.05) is 19.0 Å². The number of amides is 1. The summed E-state index contributed by atoms with van der Waals surface area (Å²) in [6.45, 7) is 2.89. The lowest BCUT2D eigenvalue weighted by Gasteiger charge is -2.57. The van der Waals surface area contributed by atoms with Gasteiger partial charge < -0.3 is 15.4 Å². The first-order valence-electron chi connectivity index (χ1n) is 9.84. The molecule has 0 unspecified atom stereocenters. The van der Waals surface area contributed by atoms with Gasteiger partial charge in [0.25, 0.3) is 0 Å². The van der Waals surface area contributed by atoms with Gasteiger partial charge in [0.2, 0.25) is 5.91 Å². The van der Waals surface area contributed by atoms with E-state index in [9.17, 15) is 4.79 Å². The first-order chi connectivity index (χ1) is 12.5. The van der Waals surface area contributed by atoms with Crippen LogP contribution in [0.3, 0.4) is 0 Å². The second-order valence-electron chi connectivity index (χ2n) is 8.85. The number of hydrogen-bond donors (Lipinski definition) is 2. The second-order valence-corrected chi connectivity index (χ2v) is 9.29. The van der Waals surface area contributed by atoms with Gasteiger partial charge in [-0.2, -0.15) is 0 Å². The Hall–Kier alpha value is -1.26. The molecule has 5 rings (SSSR count). The Labute approximate surface area is 161 Å². The number of rotatable bonds is 6. The van der Waals surface area contributed by atoms with E-state index in [-0.39, 0.29) is 11.9 Å². The minimum absolute atomic E-state index is 0.0460. The number of halogens is 1. The van der Waals surface area contributed by atoms with Crippen LogP contribution in [0, 0.1) is 23.2 Å². The van der Waals surface area contributed by atoms with Crippen molar-refractivity contribution in [1.82, 2.24) is 5.32 Å². The molecule has 0 saturated heterocycles. The predicted octanol–water partition coefficient (Wildman–Crippen LogP) is 4.48. The van der Waals surface area contributed by atoms with Crippen molar-refractivity contribution in [3.8, 4) is 5.75 Å². The Morgan fingerprint density at radius 3 is 2.42 bits per heavy atom. The Balaban J connectivity index is 1.36. The molecule has 4 saturated carbocycles. The van der Waals surface area contributed by atoms with Crippen LogP contribution in [0.2, 0.25) is 5.02 Å². The van der Waals surface area contributed by atoms with Crippen LogP contribution in [-0.4, -0.2) is 25.6 Å². The SMILES string of the molecule is COc1ccc(Cl)cc1NC(=O)[C@@H](C)NCC12CC3CC(CC(C3)C1)C2. The fourth-order valence-electron chi connectivity index (χ4n) is 5.99. The third-order valence-corrected chi connectivity index (χ3v) is 7.00. The number of carbonyl (C=O) groups excluding carboxylic acids is 1. The molecule has 0 aliphatic heterocycles. The van der Waals surface area contributed by atoms with Crippen LogP contribution >= 0.6 is 11.6 Å². The van der Waals surface area contributed by atoms with Gasteiger partial charge in [0.05, 0.1) is 18.8 Å². The quantitative estimate of drug-likeness (QED) is 0.769. The van der Waals surface area contributed by atoms with Gasteiger partial charge in [0.1, 0.15) is 5.75 Å². The summed E-state index contributed by atoms with van der Waals surface area (Å²) in [6, 6.07) is 5.01. The highest BCUT2D eigenvalue weighted by Crippen LogP contribution is 2.59. The third kappa shape index (κ3) is 3.59. The fourth-order valence-corrected chi connectivity index (χ4v) is 6.16. The summed E-state index contributed by atoms with van der Waals surface area (Å²) in [5.74, 6) is 3.38. The van der Waals surface area contributed by atoms with E-state index < -0.39 is 0 Å². The molecule has 4 fully saturated rings. The zero-order valence-electron chi connectivity index (χ0n) is 15.7. The summed E-state index contributed by atoms with van der Waals surface area (Å²) in [6.07, 6.45) is 8.39. The molecule has 1 aromatic rings. The van der Waals surface area contributed by atoms with Crippen molar-refractivity contribution in [1.29, 1.82) is 0 Å². The van der Waals surface area contributed by atoms with Gasteiger partial charge in [-0.25, -0.2) is 0 Å². The number of anilines is 1. The van der Waals surface area contributed by atoms with E-state index >= 15 is 0 Å². The lowest BCUT2D eigenvalue weighted by molar-refractivity contribution is -0.118. The van der Waals surface area contributed by atoms with Crippen LogP contribution in [0.25, 0.3) is 0 Å². The molecule has 0 radical (unpaired) electrons. The molecular weight excluding hydrogens is 348 g/mol. The molecule has 0 spiro atoms. The third-order valence-electron chi connectivity index (χ3n) is 6.76. The maximum atomic E-state index is 12.6. The number of benzene rings is 1. The number of carbonyl (C=O) groups is 1. The summed E-state index contributed by atoms with van der Waals surface area (Å²) in [4.78, 5) is 12.6. The van der Waals surface area contributed by atoms with Crippen LogP contribution in [0.5, 0.6) is 5.75 Å². The van der Waals surface area contributed by atoms with Crippen LogP contribution in [0.1, 0.15) is 45.4 Å². The van der Waals surface area contributed by atoms with Crippen LogP contribution in [-0.2, 0) is 4.79 Å². The van der Waals surface area contributed by atoms with Crippen molar-refractivity contribution in [2.24, 2.45) is 23.2 Å².